The molecule has 17 heavy (non-hydrogen) atoms. The Labute approximate surface area is 102 Å². The van der Waals surface area contributed by atoms with E-state index in [2.05, 4.69) is 5.32 Å². The Morgan fingerprint density at radius 1 is 1.24 bits per heavy atom. The van der Waals surface area contributed by atoms with Gasteiger partial charge in [-0.05, 0) is 18.8 Å². The minimum absolute atomic E-state index is 0.0517. The van der Waals surface area contributed by atoms with Crippen molar-refractivity contribution < 1.29 is 19.4 Å². The summed E-state index contributed by atoms with van der Waals surface area (Å²) in [5, 5.41) is 11.1. The summed E-state index contributed by atoms with van der Waals surface area (Å²) in [6, 6.07) is 0. The zero-order valence-electron chi connectivity index (χ0n) is 10.1. The number of aliphatic carboxylic acids is 1. The van der Waals surface area contributed by atoms with Gasteiger partial charge >= 0.3 is 5.97 Å². The summed E-state index contributed by atoms with van der Waals surface area (Å²) in [7, 11) is 0. The predicted octanol–water partition coefficient (Wildman–Crippen LogP) is 1.17. The first-order valence-corrected chi connectivity index (χ1v) is 6.24. The van der Waals surface area contributed by atoms with E-state index >= 15 is 0 Å². The van der Waals surface area contributed by atoms with Crippen molar-refractivity contribution in [3.8, 4) is 0 Å². The monoisotopic (exact) mass is 243 g/mol. The van der Waals surface area contributed by atoms with Crippen molar-refractivity contribution in [3.05, 3.63) is 0 Å². The lowest BCUT2D eigenvalue weighted by Gasteiger charge is -2.20. The van der Waals surface area contributed by atoms with Gasteiger partial charge in [0.05, 0.1) is 6.61 Å². The first-order valence-electron chi connectivity index (χ1n) is 6.24. The molecule has 0 radical (unpaired) electrons. The van der Waals surface area contributed by atoms with E-state index in [9.17, 15) is 9.59 Å². The van der Waals surface area contributed by atoms with Gasteiger partial charge in [0.25, 0.3) is 0 Å². The van der Waals surface area contributed by atoms with Gasteiger partial charge in [-0.15, -0.1) is 0 Å². The van der Waals surface area contributed by atoms with E-state index in [1.807, 2.05) is 0 Å². The first-order chi connectivity index (χ1) is 8.18. The predicted molar refractivity (Wildman–Crippen MR) is 62.7 cm³/mol. The van der Waals surface area contributed by atoms with E-state index < -0.39 is 5.97 Å². The van der Waals surface area contributed by atoms with Crippen LogP contribution < -0.4 is 5.32 Å². The second-order valence-corrected chi connectivity index (χ2v) is 4.50. The van der Waals surface area contributed by atoms with E-state index in [1.54, 1.807) is 0 Å². The first kappa shape index (κ1) is 14.0. The number of hydrogen-bond acceptors (Lipinski definition) is 3. The van der Waals surface area contributed by atoms with Crippen LogP contribution in [-0.2, 0) is 14.3 Å². The Morgan fingerprint density at radius 3 is 2.59 bits per heavy atom. The van der Waals surface area contributed by atoms with Crippen molar-refractivity contribution in [1.82, 2.24) is 5.32 Å². The van der Waals surface area contributed by atoms with Gasteiger partial charge in [-0.25, -0.2) is 4.79 Å². The van der Waals surface area contributed by atoms with Crippen LogP contribution in [0.3, 0.4) is 0 Å². The number of carboxylic acids is 1. The molecule has 5 nitrogen and oxygen atoms in total. The summed E-state index contributed by atoms with van der Waals surface area (Å²) in [4.78, 5) is 21.7. The van der Waals surface area contributed by atoms with Gasteiger partial charge in [0.1, 0.15) is 6.61 Å². The van der Waals surface area contributed by atoms with Crippen molar-refractivity contribution in [3.63, 3.8) is 0 Å². The van der Waals surface area contributed by atoms with E-state index in [4.69, 9.17) is 9.84 Å². The number of carbonyl (C=O) groups excluding carboxylic acids is 1. The number of carbonyl (C=O) groups is 2. The molecule has 1 rings (SSSR count). The van der Waals surface area contributed by atoms with Gasteiger partial charge in [-0.3, -0.25) is 4.79 Å². The fourth-order valence-corrected chi connectivity index (χ4v) is 2.15. The summed E-state index contributed by atoms with van der Waals surface area (Å²) in [6.45, 7) is 0.333. The van der Waals surface area contributed by atoms with Crippen LogP contribution >= 0.6 is 0 Å². The molecule has 0 aliphatic heterocycles. The second kappa shape index (κ2) is 8.06. The van der Waals surface area contributed by atoms with Crippen LogP contribution in [-0.4, -0.2) is 36.7 Å². The lowest BCUT2D eigenvalue weighted by molar-refractivity contribution is -0.142. The summed E-state index contributed by atoms with van der Waals surface area (Å²) in [6.07, 6.45) is 6.67. The Balaban J connectivity index is 1.98. The topological polar surface area (TPSA) is 75.6 Å². The molecule has 1 saturated carbocycles. The quantitative estimate of drug-likeness (QED) is 0.658. The van der Waals surface area contributed by atoms with Crippen molar-refractivity contribution in [2.45, 2.75) is 38.5 Å². The molecule has 0 aromatic heterocycles. The molecule has 0 atom stereocenters. The summed E-state index contributed by atoms with van der Waals surface area (Å²) in [5.41, 5.74) is 0. The molecule has 1 aliphatic carbocycles. The summed E-state index contributed by atoms with van der Waals surface area (Å²) in [5.74, 6) is -0.405. The number of carboxylic acid groups (broad SMARTS) is 1. The maximum atomic E-state index is 11.5. The third-order valence-electron chi connectivity index (χ3n) is 2.99. The maximum Gasteiger partial charge on any atom is 0.329 e. The molecule has 0 aromatic carbocycles. The number of rotatable bonds is 7. The molecule has 0 unspecified atom stereocenters. The second-order valence-electron chi connectivity index (χ2n) is 4.50. The number of amides is 1. The highest BCUT2D eigenvalue weighted by Crippen LogP contribution is 2.25. The van der Waals surface area contributed by atoms with Gasteiger partial charge in [0, 0.05) is 13.0 Å². The van der Waals surface area contributed by atoms with Crippen LogP contribution in [0.1, 0.15) is 38.5 Å². The highest BCUT2D eigenvalue weighted by Gasteiger charge is 2.16. The highest BCUT2D eigenvalue weighted by atomic mass is 16.5. The minimum Gasteiger partial charge on any atom is -0.480 e. The van der Waals surface area contributed by atoms with Gasteiger partial charge < -0.3 is 15.2 Å². The van der Waals surface area contributed by atoms with E-state index in [-0.39, 0.29) is 19.1 Å². The maximum absolute atomic E-state index is 11.5. The molecule has 2 N–H and O–H groups in total. The van der Waals surface area contributed by atoms with Crippen LogP contribution in [0.5, 0.6) is 0 Å². The molecule has 0 bridgehead atoms. The Hall–Kier alpha value is -1.10. The van der Waals surface area contributed by atoms with Gasteiger partial charge in [0.2, 0.25) is 5.91 Å². The Kier molecular flexibility index (Phi) is 6.62. The average molecular weight is 243 g/mol. The standard InChI is InChI=1S/C12H21NO4/c14-11(8-10-4-2-1-3-5-10)13-6-7-17-9-12(15)16/h10H,1-9H2,(H,13,14)(H,15,16). The fourth-order valence-electron chi connectivity index (χ4n) is 2.15. The lowest BCUT2D eigenvalue weighted by atomic mass is 9.87. The molecular formula is C12H21NO4. The SMILES string of the molecule is O=C(O)COCCNC(=O)CC1CCCCC1. The molecule has 0 spiro atoms. The third kappa shape index (κ3) is 6.94. The van der Waals surface area contributed by atoms with E-state index in [1.165, 1.54) is 19.3 Å². The molecule has 1 fully saturated rings. The zero-order valence-corrected chi connectivity index (χ0v) is 10.1. The van der Waals surface area contributed by atoms with Gasteiger partial charge in [-0.2, -0.15) is 0 Å². The zero-order chi connectivity index (χ0) is 12.5. The normalized spacial score (nSPS) is 16.7. The van der Waals surface area contributed by atoms with Crippen LogP contribution in [0.15, 0.2) is 0 Å². The molecule has 0 heterocycles. The summed E-state index contributed by atoms with van der Waals surface area (Å²) < 4.78 is 4.82. The lowest BCUT2D eigenvalue weighted by Crippen LogP contribution is -2.29. The van der Waals surface area contributed by atoms with Crippen LogP contribution in [0.2, 0.25) is 0 Å². The van der Waals surface area contributed by atoms with Crippen LogP contribution in [0.25, 0.3) is 0 Å². The molecular weight excluding hydrogens is 222 g/mol. The number of nitrogens with one attached hydrogen (secondary N) is 1. The van der Waals surface area contributed by atoms with Crippen molar-refractivity contribution in [2.75, 3.05) is 19.8 Å². The van der Waals surface area contributed by atoms with E-state index in [0.717, 1.165) is 12.8 Å². The summed E-state index contributed by atoms with van der Waals surface area (Å²) >= 11 is 0. The fraction of sp³-hybridized carbons (Fsp3) is 0.833. The van der Waals surface area contributed by atoms with Crippen molar-refractivity contribution >= 4 is 11.9 Å². The number of hydrogen-bond donors (Lipinski definition) is 2. The molecule has 5 heteroatoms. The van der Waals surface area contributed by atoms with Crippen LogP contribution in [0.4, 0.5) is 0 Å². The third-order valence-corrected chi connectivity index (χ3v) is 2.99. The Bertz CT molecular complexity index is 249. The smallest absolute Gasteiger partial charge is 0.329 e. The molecule has 98 valence electrons. The van der Waals surface area contributed by atoms with Crippen molar-refractivity contribution in [1.29, 1.82) is 0 Å². The highest BCUT2D eigenvalue weighted by molar-refractivity contribution is 5.76. The molecule has 0 saturated heterocycles. The largest absolute Gasteiger partial charge is 0.480 e. The van der Waals surface area contributed by atoms with E-state index in [0.29, 0.717) is 18.9 Å². The number of ether oxygens (including phenoxy) is 1. The Morgan fingerprint density at radius 2 is 1.94 bits per heavy atom. The van der Waals surface area contributed by atoms with Crippen molar-refractivity contribution in [2.24, 2.45) is 5.92 Å². The molecule has 1 amide bonds. The van der Waals surface area contributed by atoms with Crippen LogP contribution in [0, 0.1) is 5.92 Å². The minimum atomic E-state index is -0.987. The average Bonchev–Trinajstić information content (AvgIpc) is 2.29. The van der Waals surface area contributed by atoms with Gasteiger partial charge in [-0.1, -0.05) is 19.3 Å². The molecule has 1 aliphatic rings. The molecule has 0 aromatic rings. The van der Waals surface area contributed by atoms with Gasteiger partial charge in [0.15, 0.2) is 0 Å².